The summed E-state index contributed by atoms with van der Waals surface area (Å²) in [7, 11) is 0. The topological polar surface area (TPSA) is 40.6 Å². The van der Waals surface area contributed by atoms with Gasteiger partial charge in [-0.05, 0) is 40.2 Å². The average molecular weight is 408 g/mol. The van der Waals surface area contributed by atoms with Crippen LogP contribution in [0.2, 0.25) is 5.02 Å². The predicted molar refractivity (Wildman–Crippen MR) is 97.4 cm³/mol. The third-order valence-electron chi connectivity index (χ3n) is 4.06. The van der Waals surface area contributed by atoms with E-state index in [4.69, 9.17) is 11.6 Å². The van der Waals surface area contributed by atoms with Crippen LogP contribution in [0.4, 0.5) is 0 Å². The molecule has 1 heterocycles. The van der Waals surface area contributed by atoms with Gasteiger partial charge < -0.3 is 9.80 Å². The highest BCUT2D eigenvalue weighted by atomic mass is 79.9. The Morgan fingerprint density at radius 1 is 0.792 bits per heavy atom. The van der Waals surface area contributed by atoms with E-state index in [9.17, 15) is 9.59 Å². The smallest absolute Gasteiger partial charge is 0.255 e. The molecule has 1 aliphatic rings. The van der Waals surface area contributed by atoms with E-state index < -0.39 is 0 Å². The molecule has 2 amide bonds. The van der Waals surface area contributed by atoms with Crippen molar-refractivity contribution in [2.24, 2.45) is 0 Å². The summed E-state index contributed by atoms with van der Waals surface area (Å²) in [5, 5.41) is 0.453. The minimum atomic E-state index is -0.0893. The Hall–Kier alpha value is -1.85. The summed E-state index contributed by atoms with van der Waals surface area (Å²) in [6.45, 7) is 2.02. The van der Waals surface area contributed by atoms with Crippen LogP contribution in [0.1, 0.15) is 20.7 Å². The van der Waals surface area contributed by atoms with E-state index in [1.165, 1.54) is 0 Å². The summed E-state index contributed by atoms with van der Waals surface area (Å²) in [6.07, 6.45) is 0. The number of hydrogen-bond donors (Lipinski definition) is 0. The number of halogens is 2. The molecule has 0 aromatic heterocycles. The Balaban J connectivity index is 1.66. The number of benzene rings is 2. The zero-order chi connectivity index (χ0) is 17.1. The van der Waals surface area contributed by atoms with Crippen LogP contribution in [0.15, 0.2) is 53.0 Å². The Labute approximate surface area is 154 Å². The molecule has 3 rings (SSSR count). The van der Waals surface area contributed by atoms with Crippen molar-refractivity contribution < 1.29 is 9.59 Å². The molecular formula is C18H16BrClN2O2. The van der Waals surface area contributed by atoms with Crippen LogP contribution in [0.3, 0.4) is 0 Å². The number of rotatable bonds is 2. The van der Waals surface area contributed by atoms with Crippen LogP contribution in [-0.4, -0.2) is 47.8 Å². The van der Waals surface area contributed by atoms with Crippen LogP contribution in [-0.2, 0) is 0 Å². The molecule has 0 saturated carbocycles. The minimum absolute atomic E-state index is 0.0210. The third-order valence-corrected chi connectivity index (χ3v) is 5.08. The largest absolute Gasteiger partial charge is 0.335 e. The van der Waals surface area contributed by atoms with E-state index in [0.29, 0.717) is 42.3 Å². The van der Waals surface area contributed by atoms with E-state index in [2.05, 4.69) is 15.9 Å². The molecule has 124 valence electrons. The maximum Gasteiger partial charge on any atom is 0.255 e. The lowest BCUT2D eigenvalue weighted by Gasteiger charge is -2.35. The van der Waals surface area contributed by atoms with Gasteiger partial charge in [0.05, 0.1) is 16.1 Å². The van der Waals surface area contributed by atoms with Crippen molar-refractivity contribution in [2.45, 2.75) is 0 Å². The fourth-order valence-corrected chi connectivity index (χ4v) is 3.39. The van der Waals surface area contributed by atoms with Crippen LogP contribution in [0.5, 0.6) is 0 Å². The predicted octanol–water partition coefficient (Wildman–Crippen LogP) is 3.70. The van der Waals surface area contributed by atoms with E-state index in [1.54, 1.807) is 40.1 Å². The van der Waals surface area contributed by atoms with Gasteiger partial charge in [0.2, 0.25) is 0 Å². The standard InChI is InChI=1S/C18H16BrClN2O2/c19-15-7-3-1-5-13(15)17(23)21-9-11-22(12-10-21)18(24)14-6-2-4-8-16(14)20/h1-8H,9-12H2. The number of hydrogen-bond acceptors (Lipinski definition) is 2. The lowest BCUT2D eigenvalue weighted by Crippen LogP contribution is -2.50. The van der Waals surface area contributed by atoms with Gasteiger partial charge in [-0.2, -0.15) is 0 Å². The first-order valence-electron chi connectivity index (χ1n) is 7.65. The fraction of sp³-hybridized carbons (Fsp3) is 0.222. The number of carbonyl (C=O) groups is 2. The lowest BCUT2D eigenvalue weighted by atomic mass is 10.1. The number of amides is 2. The molecule has 24 heavy (non-hydrogen) atoms. The van der Waals surface area contributed by atoms with Gasteiger partial charge in [-0.1, -0.05) is 35.9 Å². The Kier molecular flexibility index (Phi) is 5.21. The van der Waals surface area contributed by atoms with E-state index in [-0.39, 0.29) is 11.8 Å². The summed E-state index contributed by atoms with van der Waals surface area (Å²) >= 11 is 9.51. The van der Waals surface area contributed by atoms with Crippen LogP contribution in [0.25, 0.3) is 0 Å². The zero-order valence-corrected chi connectivity index (χ0v) is 15.3. The number of piperazine rings is 1. The second-order valence-corrected chi connectivity index (χ2v) is 6.81. The first kappa shape index (κ1) is 17.0. The molecule has 0 spiro atoms. The second kappa shape index (κ2) is 7.36. The first-order chi connectivity index (χ1) is 11.6. The summed E-state index contributed by atoms with van der Waals surface area (Å²) in [6, 6.07) is 14.4. The van der Waals surface area contributed by atoms with Gasteiger partial charge in [0.25, 0.3) is 11.8 Å². The van der Waals surface area contributed by atoms with Crippen molar-refractivity contribution in [1.29, 1.82) is 0 Å². The van der Waals surface area contributed by atoms with Gasteiger partial charge in [0.1, 0.15) is 0 Å². The average Bonchev–Trinajstić information content (AvgIpc) is 2.61. The maximum atomic E-state index is 12.6. The van der Waals surface area contributed by atoms with Crippen molar-refractivity contribution in [3.05, 3.63) is 69.2 Å². The second-order valence-electron chi connectivity index (χ2n) is 5.54. The Morgan fingerprint density at radius 3 is 1.79 bits per heavy atom. The highest BCUT2D eigenvalue weighted by molar-refractivity contribution is 9.10. The van der Waals surface area contributed by atoms with E-state index in [1.807, 2.05) is 18.2 Å². The molecule has 2 aromatic carbocycles. The van der Waals surface area contributed by atoms with Gasteiger partial charge in [-0.15, -0.1) is 0 Å². The van der Waals surface area contributed by atoms with Gasteiger partial charge in [0, 0.05) is 30.7 Å². The van der Waals surface area contributed by atoms with Gasteiger partial charge in [-0.25, -0.2) is 0 Å². The SMILES string of the molecule is O=C(c1ccccc1Cl)N1CCN(C(=O)c2ccccc2Br)CC1. The molecule has 0 aliphatic carbocycles. The Morgan fingerprint density at radius 2 is 1.25 bits per heavy atom. The molecule has 0 atom stereocenters. The molecule has 2 aromatic rings. The van der Waals surface area contributed by atoms with Gasteiger partial charge in [-0.3, -0.25) is 9.59 Å². The monoisotopic (exact) mass is 406 g/mol. The normalized spacial score (nSPS) is 14.6. The Bertz CT molecular complexity index is 708. The summed E-state index contributed by atoms with van der Waals surface area (Å²) in [5.41, 5.74) is 1.15. The highest BCUT2D eigenvalue weighted by Crippen LogP contribution is 2.21. The van der Waals surface area contributed by atoms with E-state index >= 15 is 0 Å². The number of carbonyl (C=O) groups excluding carboxylic acids is 2. The molecule has 1 aliphatic heterocycles. The first-order valence-corrected chi connectivity index (χ1v) is 8.82. The minimum Gasteiger partial charge on any atom is -0.335 e. The van der Waals surface area contributed by atoms with E-state index in [0.717, 1.165) is 4.47 Å². The van der Waals surface area contributed by atoms with Crippen LogP contribution >= 0.6 is 27.5 Å². The molecule has 0 unspecified atom stereocenters. The molecule has 0 radical (unpaired) electrons. The molecule has 4 nitrogen and oxygen atoms in total. The molecule has 6 heteroatoms. The van der Waals surface area contributed by atoms with Crippen molar-refractivity contribution in [1.82, 2.24) is 9.80 Å². The molecule has 1 fully saturated rings. The molecule has 1 saturated heterocycles. The van der Waals surface area contributed by atoms with Crippen molar-refractivity contribution in [3.63, 3.8) is 0 Å². The number of nitrogens with zero attached hydrogens (tertiary/aromatic N) is 2. The summed E-state index contributed by atoms with van der Waals surface area (Å²) in [4.78, 5) is 28.7. The van der Waals surface area contributed by atoms with Gasteiger partial charge in [0.15, 0.2) is 0 Å². The highest BCUT2D eigenvalue weighted by Gasteiger charge is 2.26. The van der Waals surface area contributed by atoms with Crippen LogP contribution < -0.4 is 0 Å². The fourth-order valence-electron chi connectivity index (χ4n) is 2.72. The van der Waals surface area contributed by atoms with Crippen molar-refractivity contribution in [3.8, 4) is 0 Å². The molecular weight excluding hydrogens is 392 g/mol. The van der Waals surface area contributed by atoms with Crippen molar-refractivity contribution in [2.75, 3.05) is 26.2 Å². The summed E-state index contributed by atoms with van der Waals surface area (Å²) in [5.74, 6) is -0.110. The maximum absolute atomic E-state index is 12.6. The molecule has 0 bridgehead atoms. The van der Waals surface area contributed by atoms with Crippen LogP contribution in [0, 0.1) is 0 Å². The quantitative estimate of drug-likeness (QED) is 0.761. The summed E-state index contributed by atoms with van der Waals surface area (Å²) < 4.78 is 0.782. The van der Waals surface area contributed by atoms with Gasteiger partial charge >= 0.3 is 0 Å². The molecule has 0 N–H and O–H groups in total. The lowest BCUT2D eigenvalue weighted by molar-refractivity contribution is 0.0535. The third kappa shape index (κ3) is 3.47. The van der Waals surface area contributed by atoms with Crippen molar-refractivity contribution >= 4 is 39.3 Å². The zero-order valence-electron chi connectivity index (χ0n) is 12.9.